The quantitative estimate of drug-likeness (QED) is 0.598. The molecule has 0 unspecified atom stereocenters. The first-order valence-corrected chi connectivity index (χ1v) is 7.74. The van der Waals surface area contributed by atoms with Crippen LogP contribution in [0.2, 0.25) is 0 Å². The van der Waals surface area contributed by atoms with E-state index in [1.54, 1.807) is 24.5 Å². The number of carboxylic acids is 1. The largest absolute Gasteiger partial charge is 0.478 e. The fourth-order valence-corrected chi connectivity index (χ4v) is 2.65. The van der Waals surface area contributed by atoms with Gasteiger partial charge in [-0.1, -0.05) is 18.2 Å². The van der Waals surface area contributed by atoms with Gasteiger partial charge in [-0.3, -0.25) is 4.57 Å². The van der Waals surface area contributed by atoms with Crippen LogP contribution in [-0.4, -0.2) is 20.6 Å². The second-order valence-corrected chi connectivity index (χ2v) is 5.53. The van der Waals surface area contributed by atoms with E-state index in [1.807, 2.05) is 59.2 Å². The van der Waals surface area contributed by atoms with Gasteiger partial charge in [0.1, 0.15) is 17.8 Å². The molecule has 0 aliphatic carbocycles. The summed E-state index contributed by atoms with van der Waals surface area (Å²) in [5, 5.41) is 9.17. The summed E-state index contributed by atoms with van der Waals surface area (Å²) in [6.07, 6.45) is 1.68. The number of benzene rings is 3. The molecule has 0 fully saturated rings. The van der Waals surface area contributed by atoms with Crippen molar-refractivity contribution in [2.75, 3.05) is 0 Å². The highest BCUT2D eigenvalue weighted by Gasteiger charge is 2.09. The van der Waals surface area contributed by atoms with Crippen molar-refractivity contribution in [1.29, 1.82) is 0 Å². The zero-order chi connectivity index (χ0) is 17.2. The van der Waals surface area contributed by atoms with Gasteiger partial charge in [0.05, 0.1) is 16.6 Å². The molecular weight excluding hydrogens is 316 g/mol. The predicted molar refractivity (Wildman–Crippen MR) is 94.5 cm³/mol. The third-order valence-corrected chi connectivity index (χ3v) is 3.89. The molecule has 5 heteroatoms. The summed E-state index contributed by atoms with van der Waals surface area (Å²) >= 11 is 0. The number of carbonyl (C=O) groups is 1. The lowest BCUT2D eigenvalue weighted by atomic mass is 10.2. The maximum Gasteiger partial charge on any atom is 0.335 e. The fourth-order valence-electron chi connectivity index (χ4n) is 2.65. The summed E-state index contributed by atoms with van der Waals surface area (Å²) < 4.78 is 7.64. The topological polar surface area (TPSA) is 64.3 Å². The molecular formula is C20H14N2O3. The van der Waals surface area contributed by atoms with Gasteiger partial charge in [0.25, 0.3) is 0 Å². The van der Waals surface area contributed by atoms with Crippen molar-refractivity contribution < 1.29 is 14.6 Å². The van der Waals surface area contributed by atoms with Crippen LogP contribution < -0.4 is 4.74 Å². The van der Waals surface area contributed by atoms with Crippen molar-refractivity contribution in [3.63, 3.8) is 0 Å². The number of aromatic carboxylic acids is 1. The zero-order valence-electron chi connectivity index (χ0n) is 13.2. The number of fused-ring (bicyclic) bond motifs is 1. The smallest absolute Gasteiger partial charge is 0.335 e. The lowest BCUT2D eigenvalue weighted by Crippen LogP contribution is -1.97. The van der Waals surface area contributed by atoms with Gasteiger partial charge in [0.15, 0.2) is 0 Å². The summed E-state index contributed by atoms with van der Waals surface area (Å²) in [5.41, 5.74) is 2.61. The SMILES string of the molecule is O=C(O)c1ccc2ncn(-c3ccc(Oc4ccccc4)cc3)c2c1. The van der Waals surface area contributed by atoms with E-state index in [2.05, 4.69) is 4.98 Å². The van der Waals surface area contributed by atoms with Gasteiger partial charge in [-0.05, 0) is 54.6 Å². The van der Waals surface area contributed by atoms with Crippen LogP contribution in [-0.2, 0) is 0 Å². The Hall–Kier alpha value is -3.60. The second-order valence-electron chi connectivity index (χ2n) is 5.53. The molecule has 0 atom stereocenters. The van der Waals surface area contributed by atoms with Crippen LogP contribution in [0.1, 0.15) is 10.4 Å². The number of nitrogens with zero attached hydrogens (tertiary/aromatic N) is 2. The van der Waals surface area contributed by atoms with E-state index in [1.165, 1.54) is 0 Å². The predicted octanol–water partition coefficient (Wildman–Crippen LogP) is 4.52. The van der Waals surface area contributed by atoms with Crippen molar-refractivity contribution in [2.45, 2.75) is 0 Å². The third-order valence-electron chi connectivity index (χ3n) is 3.89. The van der Waals surface area contributed by atoms with E-state index in [0.717, 1.165) is 28.2 Å². The van der Waals surface area contributed by atoms with E-state index in [4.69, 9.17) is 4.74 Å². The van der Waals surface area contributed by atoms with Gasteiger partial charge in [-0.25, -0.2) is 9.78 Å². The molecule has 1 aromatic heterocycles. The maximum atomic E-state index is 11.2. The second kappa shape index (κ2) is 6.13. The van der Waals surface area contributed by atoms with Gasteiger partial charge in [0.2, 0.25) is 0 Å². The number of carboxylic acid groups (broad SMARTS) is 1. The Morgan fingerprint density at radius 2 is 1.64 bits per heavy atom. The molecule has 0 amide bonds. The minimum absolute atomic E-state index is 0.235. The van der Waals surface area contributed by atoms with E-state index in [0.29, 0.717) is 0 Å². The van der Waals surface area contributed by atoms with Crippen molar-refractivity contribution in [2.24, 2.45) is 0 Å². The van der Waals surface area contributed by atoms with Crippen LogP contribution in [0.3, 0.4) is 0 Å². The molecule has 0 aliphatic rings. The average molecular weight is 330 g/mol. The van der Waals surface area contributed by atoms with E-state index in [-0.39, 0.29) is 5.56 Å². The standard InChI is InChI=1S/C20H14N2O3/c23-20(24)14-6-11-18-19(12-14)22(13-21-18)15-7-9-17(10-8-15)25-16-4-2-1-3-5-16/h1-13H,(H,23,24). The van der Waals surface area contributed by atoms with Crippen LogP contribution in [0.15, 0.2) is 79.1 Å². The number of hydrogen-bond acceptors (Lipinski definition) is 3. The molecule has 1 N–H and O–H groups in total. The Bertz CT molecular complexity index is 1040. The molecule has 0 aliphatic heterocycles. The van der Waals surface area contributed by atoms with Crippen LogP contribution in [0, 0.1) is 0 Å². The fraction of sp³-hybridized carbons (Fsp3) is 0. The Morgan fingerprint density at radius 3 is 2.36 bits per heavy atom. The Kier molecular flexibility index (Phi) is 3.67. The van der Waals surface area contributed by atoms with E-state index >= 15 is 0 Å². The summed E-state index contributed by atoms with van der Waals surface area (Å²) in [6.45, 7) is 0. The minimum atomic E-state index is -0.957. The maximum absolute atomic E-state index is 11.2. The normalized spacial score (nSPS) is 10.7. The molecule has 1 heterocycles. The molecule has 0 spiro atoms. The summed E-state index contributed by atoms with van der Waals surface area (Å²) in [4.78, 5) is 15.5. The minimum Gasteiger partial charge on any atom is -0.478 e. The third kappa shape index (κ3) is 2.95. The highest BCUT2D eigenvalue weighted by Crippen LogP contribution is 2.24. The first-order chi connectivity index (χ1) is 12.2. The molecule has 25 heavy (non-hydrogen) atoms. The van der Waals surface area contributed by atoms with Crippen LogP contribution in [0.25, 0.3) is 16.7 Å². The van der Waals surface area contributed by atoms with Crippen molar-refractivity contribution in [1.82, 2.24) is 9.55 Å². The number of imidazole rings is 1. The molecule has 122 valence electrons. The van der Waals surface area contributed by atoms with Gasteiger partial charge >= 0.3 is 5.97 Å². The van der Waals surface area contributed by atoms with Crippen LogP contribution in [0.5, 0.6) is 11.5 Å². The number of rotatable bonds is 4. The number of para-hydroxylation sites is 1. The van der Waals surface area contributed by atoms with Crippen LogP contribution in [0.4, 0.5) is 0 Å². The van der Waals surface area contributed by atoms with Gasteiger partial charge in [-0.2, -0.15) is 0 Å². The summed E-state index contributed by atoms with van der Waals surface area (Å²) in [7, 11) is 0. The number of ether oxygens (including phenoxy) is 1. The summed E-state index contributed by atoms with van der Waals surface area (Å²) in [6, 6.07) is 22.0. The molecule has 5 nitrogen and oxygen atoms in total. The highest BCUT2D eigenvalue weighted by molar-refractivity contribution is 5.92. The van der Waals surface area contributed by atoms with Crippen molar-refractivity contribution in [3.05, 3.63) is 84.7 Å². The van der Waals surface area contributed by atoms with Gasteiger partial charge in [-0.15, -0.1) is 0 Å². The lowest BCUT2D eigenvalue weighted by Gasteiger charge is -2.08. The molecule has 3 aromatic carbocycles. The van der Waals surface area contributed by atoms with Crippen LogP contribution >= 0.6 is 0 Å². The Balaban J connectivity index is 1.67. The van der Waals surface area contributed by atoms with Gasteiger partial charge in [0, 0.05) is 5.69 Å². The molecule has 0 radical (unpaired) electrons. The highest BCUT2D eigenvalue weighted by atomic mass is 16.5. The summed E-state index contributed by atoms with van der Waals surface area (Å²) in [5.74, 6) is 0.543. The lowest BCUT2D eigenvalue weighted by molar-refractivity contribution is 0.0697. The number of hydrogen-bond donors (Lipinski definition) is 1. The molecule has 4 aromatic rings. The zero-order valence-corrected chi connectivity index (χ0v) is 13.2. The Labute approximate surface area is 143 Å². The molecule has 0 saturated carbocycles. The number of aromatic nitrogens is 2. The average Bonchev–Trinajstić information content (AvgIpc) is 3.06. The monoisotopic (exact) mass is 330 g/mol. The molecule has 4 rings (SSSR count). The first kappa shape index (κ1) is 15.0. The molecule has 0 bridgehead atoms. The van der Waals surface area contributed by atoms with E-state index in [9.17, 15) is 9.90 Å². The van der Waals surface area contributed by atoms with E-state index < -0.39 is 5.97 Å². The first-order valence-electron chi connectivity index (χ1n) is 7.74. The van der Waals surface area contributed by atoms with Gasteiger partial charge < -0.3 is 9.84 Å². The molecule has 0 saturated heterocycles. The Morgan fingerprint density at radius 1 is 0.920 bits per heavy atom. The van der Waals surface area contributed by atoms with Crippen molar-refractivity contribution >= 4 is 17.0 Å². The van der Waals surface area contributed by atoms with Crippen molar-refractivity contribution in [3.8, 4) is 17.2 Å².